The third kappa shape index (κ3) is 4.16. The van der Waals surface area contributed by atoms with Crippen molar-refractivity contribution in [3.63, 3.8) is 0 Å². The van der Waals surface area contributed by atoms with E-state index in [2.05, 4.69) is 26.8 Å². The van der Waals surface area contributed by atoms with Crippen LogP contribution in [0.3, 0.4) is 0 Å². The molecule has 3 heterocycles. The van der Waals surface area contributed by atoms with Gasteiger partial charge in [-0.3, -0.25) is 0 Å². The van der Waals surface area contributed by atoms with Crippen molar-refractivity contribution in [2.75, 3.05) is 0 Å². The lowest BCUT2D eigenvalue weighted by atomic mass is 10.1. The smallest absolute Gasteiger partial charge is 0.406 e. The van der Waals surface area contributed by atoms with E-state index in [0.717, 1.165) is 32.4 Å². The quantitative estimate of drug-likeness (QED) is 0.338. The van der Waals surface area contributed by atoms with E-state index < -0.39 is 6.36 Å². The van der Waals surface area contributed by atoms with Crippen LogP contribution in [0.15, 0.2) is 24.3 Å². The Kier molecular flexibility index (Phi) is 5.72. The van der Waals surface area contributed by atoms with Gasteiger partial charge in [-0.2, -0.15) is 10.5 Å². The number of rotatable bonds is 4. The molecule has 0 aliphatic carbocycles. The monoisotopic (exact) mass is 481 g/mol. The third-order valence-corrected chi connectivity index (χ3v) is 6.71. The summed E-state index contributed by atoms with van der Waals surface area (Å²) in [4.78, 5) is 8.30. The fourth-order valence-corrected chi connectivity index (χ4v) is 4.99. The lowest BCUT2D eigenvalue weighted by Crippen LogP contribution is -2.16. The van der Waals surface area contributed by atoms with Gasteiger partial charge in [0.25, 0.3) is 0 Å². The lowest BCUT2D eigenvalue weighted by molar-refractivity contribution is -0.274. The molecule has 34 heavy (non-hydrogen) atoms. The second-order valence-corrected chi connectivity index (χ2v) is 8.92. The molecule has 0 amide bonds. The van der Waals surface area contributed by atoms with E-state index in [1.54, 1.807) is 6.08 Å². The minimum Gasteiger partial charge on any atom is -0.406 e. The molecule has 3 aromatic heterocycles. The predicted octanol–water partition coefficient (Wildman–Crippen LogP) is 6.48. The van der Waals surface area contributed by atoms with Gasteiger partial charge in [0, 0.05) is 22.3 Å². The molecule has 0 fully saturated rings. The summed E-state index contributed by atoms with van der Waals surface area (Å²) >= 11 is 1.53. The number of allylic oxidation sites excluding steroid dienone is 1. The fourth-order valence-electron chi connectivity index (χ4n) is 3.77. The van der Waals surface area contributed by atoms with Crippen LogP contribution in [0.25, 0.3) is 27.7 Å². The highest BCUT2D eigenvalue weighted by Crippen LogP contribution is 2.34. The van der Waals surface area contributed by atoms with Gasteiger partial charge in [-0.15, -0.1) is 24.5 Å². The molecule has 0 aliphatic rings. The number of hydrogen-bond donors (Lipinski definition) is 1. The summed E-state index contributed by atoms with van der Waals surface area (Å²) in [5.41, 5.74) is 5.01. The number of alkyl halides is 3. The van der Waals surface area contributed by atoms with Crippen molar-refractivity contribution in [3.8, 4) is 22.9 Å². The van der Waals surface area contributed by atoms with Gasteiger partial charge in [-0.1, -0.05) is 0 Å². The van der Waals surface area contributed by atoms with Crippen LogP contribution in [-0.2, 0) is 0 Å². The molecule has 0 spiro atoms. The highest BCUT2D eigenvalue weighted by Gasteiger charge is 2.31. The molecule has 6 nitrogen and oxygen atoms in total. The highest BCUT2D eigenvalue weighted by atomic mass is 32.1. The van der Waals surface area contributed by atoms with Gasteiger partial charge in [0.15, 0.2) is 0 Å². The lowest BCUT2D eigenvalue weighted by Gasteiger charge is -2.07. The molecule has 0 radical (unpaired) electrons. The van der Waals surface area contributed by atoms with Gasteiger partial charge in [0.2, 0.25) is 0 Å². The second-order valence-electron chi connectivity index (χ2n) is 7.72. The van der Waals surface area contributed by atoms with Crippen molar-refractivity contribution in [2.24, 2.45) is 0 Å². The first-order chi connectivity index (χ1) is 16.0. The maximum absolute atomic E-state index is 12.5. The van der Waals surface area contributed by atoms with E-state index in [0.29, 0.717) is 16.6 Å². The van der Waals surface area contributed by atoms with Crippen molar-refractivity contribution in [3.05, 3.63) is 63.0 Å². The summed E-state index contributed by atoms with van der Waals surface area (Å²) in [6, 6.07) is 10.1. The average Bonchev–Trinajstić information content (AvgIpc) is 3.38. The summed E-state index contributed by atoms with van der Waals surface area (Å²) in [7, 11) is 0. The Morgan fingerprint density at radius 2 is 1.91 bits per heavy atom. The number of halogens is 3. The zero-order valence-corrected chi connectivity index (χ0v) is 19.4. The van der Waals surface area contributed by atoms with E-state index in [1.165, 1.54) is 29.5 Å². The molecule has 0 saturated heterocycles. The van der Waals surface area contributed by atoms with Crippen LogP contribution in [0, 0.1) is 50.4 Å². The Labute approximate surface area is 197 Å². The van der Waals surface area contributed by atoms with Crippen molar-refractivity contribution in [2.45, 2.75) is 34.1 Å². The summed E-state index contributed by atoms with van der Waals surface area (Å²) in [6.45, 7) is 7.72. The highest BCUT2D eigenvalue weighted by molar-refractivity contribution is 7.14. The van der Waals surface area contributed by atoms with E-state index in [9.17, 15) is 23.7 Å². The van der Waals surface area contributed by atoms with Crippen molar-refractivity contribution < 1.29 is 17.9 Å². The zero-order valence-electron chi connectivity index (χ0n) is 18.6. The Bertz CT molecular complexity index is 1540. The van der Waals surface area contributed by atoms with Crippen molar-refractivity contribution in [1.82, 2.24) is 14.5 Å². The molecule has 0 bridgehead atoms. The van der Waals surface area contributed by atoms with Crippen LogP contribution in [0.2, 0.25) is 0 Å². The minimum absolute atomic E-state index is 0.216. The predicted molar refractivity (Wildman–Crippen MR) is 124 cm³/mol. The second kappa shape index (κ2) is 8.40. The van der Waals surface area contributed by atoms with Gasteiger partial charge in [-0.05, 0) is 63.1 Å². The summed E-state index contributed by atoms with van der Waals surface area (Å²) in [5, 5.41) is 20.3. The Hall–Kier alpha value is -4.02. The van der Waals surface area contributed by atoms with Crippen LogP contribution in [-0.4, -0.2) is 20.9 Å². The number of H-pyrrole nitrogens is 1. The van der Waals surface area contributed by atoms with Crippen LogP contribution in [0.5, 0.6) is 5.75 Å². The molecule has 0 aliphatic heterocycles. The minimum atomic E-state index is -4.80. The number of thiophene rings is 1. The van der Waals surface area contributed by atoms with Gasteiger partial charge < -0.3 is 14.3 Å². The average molecular weight is 482 g/mol. The van der Waals surface area contributed by atoms with Crippen LogP contribution in [0.4, 0.5) is 13.2 Å². The summed E-state index contributed by atoms with van der Waals surface area (Å²) in [6.07, 6.45) is -3.13. The number of nitrogens with zero attached hydrogens (tertiary/aromatic N) is 4. The van der Waals surface area contributed by atoms with Crippen molar-refractivity contribution in [1.29, 1.82) is 10.5 Å². The van der Waals surface area contributed by atoms with Gasteiger partial charge in [0.1, 0.15) is 28.7 Å². The van der Waals surface area contributed by atoms with Gasteiger partial charge in [0.05, 0.1) is 22.2 Å². The van der Waals surface area contributed by atoms with Gasteiger partial charge in [-0.25, -0.2) is 4.98 Å². The molecule has 4 rings (SSSR count). The van der Waals surface area contributed by atoms with Crippen molar-refractivity contribution >= 4 is 34.0 Å². The Morgan fingerprint density at radius 1 is 1.18 bits per heavy atom. The van der Waals surface area contributed by atoms with E-state index >= 15 is 0 Å². The molecule has 1 aromatic carbocycles. The van der Waals surface area contributed by atoms with Crippen LogP contribution < -0.4 is 4.74 Å². The molecule has 10 heteroatoms. The molecule has 0 saturated carbocycles. The fraction of sp³-hybridized carbons (Fsp3) is 0.208. The number of benzene rings is 1. The number of nitrogens with one attached hydrogen (secondary N) is 1. The molecule has 1 N–H and O–H groups in total. The number of ether oxygens (including phenoxy) is 1. The largest absolute Gasteiger partial charge is 0.573 e. The maximum atomic E-state index is 12.5. The SMILES string of the molecule is Cc1sc(-n2c(C)cc(/C=C(\C#N)c3nc4ccc(OC(F)(F)F)cc4[nH]3)c2C)c(C#N)c1C. The topological polar surface area (TPSA) is 90.4 Å². The molecular weight excluding hydrogens is 463 g/mol. The number of aromatic amines is 1. The Morgan fingerprint density at radius 3 is 2.56 bits per heavy atom. The van der Waals surface area contributed by atoms with Crippen LogP contribution >= 0.6 is 11.3 Å². The molecule has 172 valence electrons. The summed E-state index contributed by atoms with van der Waals surface area (Å²) < 4.78 is 43.5. The summed E-state index contributed by atoms with van der Waals surface area (Å²) in [5.74, 6) is -0.150. The van der Waals surface area contributed by atoms with Gasteiger partial charge >= 0.3 is 6.36 Å². The molecular formula is C24H18F3N5OS. The molecule has 4 aromatic rings. The number of aryl methyl sites for hydroxylation is 2. The number of imidazole rings is 1. The number of hydrogen-bond acceptors (Lipinski definition) is 5. The number of nitriles is 2. The molecule has 0 unspecified atom stereocenters. The van der Waals surface area contributed by atoms with E-state index in [4.69, 9.17) is 0 Å². The number of fused-ring (bicyclic) bond motifs is 1. The van der Waals surface area contributed by atoms with E-state index in [-0.39, 0.29) is 17.1 Å². The van der Waals surface area contributed by atoms with Crippen LogP contribution in [0.1, 0.15) is 38.8 Å². The first kappa shape index (κ1) is 23.1. The maximum Gasteiger partial charge on any atom is 0.573 e. The zero-order chi connectivity index (χ0) is 24.8. The Balaban J connectivity index is 1.76. The third-order valence-electron chi connectivity index (χ3n) is 5.51. The number of aromatic nitrogens is 3. The first-order valence-electron chi connectivity index (χ1n) is 10.1. The van der Waals surface area contributed by atoms with E-state index in [1.807, 2.05) is 38.3 Å². The molecule has 0 atom stereocenters. The standard InChI is InChI=1S/C24H18F3N5OS/c1-12-7-16(14(3)32(12)23-19(11-29)13(2)15(4)34-23)8-17(10-28)22-30-20-6-5-18(9-21(20)31-22)33-24(25,26)27/h5-9H,1-4H3,(H,30,31)/b17-8+. The first-order valence-corrected chi connectivity index (χ1v) is 10.9. The normalized spacial score (nSPS) is 12.1.